The Morgan fingerprint density at radius 3 is 2.83 bits per heavy atom. The lowest BCUT2D eigenvalue weighted by atomic mass is 9.82. The van der Waals surface area contributed by atoms with Crippen LogP contribution < -0.4 is 10.1 Å². The second-order valence-electron chi connectivity index (χ2n) is 8.07. The first-order valence-electron chi connectivity index (χ1n) is 10.1. The van der Waals surface area contributed by atoms with E-state index in [1.165, 1.54) is 18.2 Å². The van der Waals surface area contributed by atoms with Crippen LogP contribution in [0.1, 0.15) is 35.2 Å². The maximum atomic E-state index is 13.6. The summed E-state index contributed by atoms with van der Waals surface area (Å²) in [7, 11) is 0. The van der Waals surface area contributed by atoms with Gasteiger partial charge in [0.2, 0.25) is 0 Å². The van der Waals surface area contributed by atoms with Crippen molar-refractivity contribution in [1.29, 1.82) is 0 Å². The van der Waals surface area contributed by atoms with Gasteiger partial charge in [0.05, 0.1) is 12.0 Å². The Kier molecular flexibility index (Phi) is 4.46. The number of ether oxygens (including phenoxy) is 1. The molecule has 1 aromatic heterocycles. The summed E-state index contributed by atoms with van der Waals surface area (Å²) in [5.74, 6) is -0.146. The Labute approximate surface area is 173 Å². The third kappa shape index (κ3) is 3.40. The number of hydrogen-bond donors (Lipinski definition) is 2. The van der Waals surface area contributed by atoms with Crippen molar-refractivity contribution in [3.63, 3.8) is 0 Å². The van der Waals surface area contributed by atoms with Crippen molar-refractivity contribution < 1.29 is 18.7 Å². The summed E-state index contributed by atoms with van der Waals surface area (Å²) in [6.45, 7) is 1.42. The van der Waals surface area contributed by atoms with Crippen LogP contribution in [-0.4, -0.2) is 40.4 Å². The van der Waals surface area contributed by atoms with Gasteiger partial charge in [-0.3, -0.25) is 4.79 Å². The largest absolute Gasteiger partial charge is 0.486 e. The van der Waals surface area contributed by atoms with E-state index in [1.54, 1.807) is 4.90 Å². The summed E-state index contributed by atoms with van der Waals surface area (Å²) in [6, 6.07) is 11.9. The van der Waals surface area contributed by atoms with Gasteiger partial charge in [0.25, 0.3) is 0 Å². The fraction of sp³-hybridized carbons (Fsp3) is 0.304. The maximum Gasteiger partial charge on any atom is 0.317 e. The number of halogens is 1. The molecule has 0 saturated carbocycles. The summed E-state index contributed by atoms with van der Waals surface area (Å²) < 4.78 is 19.7. The van der Waals surface area contributed by atoms with Crippen LogP contribution >= 0.6 is 0 Å². The normalized spacial score (nSPS) is 17.6. The fourth-order valence-corrected chi connectivity index (χ4v) is 4.37. The van der Waals surface area contributed by atoms with Gasteiger partial charge in [0, 0.05) is 50.3 Å². The molecule has 0 radical (unpaired) electrons. The van der Waals surface area contributed by atoms with Crippen molar-refractivity contribution >= 4 is 22.7 Å². The van der Waals surface area contributed by atoms with Gasteiger partial charge in [-0.05, 0) is 41.3 Å². The number of urea groups is 1. The van der Waals surface area contributed by atoms with Crippen molar-refractivity contribution in [2.75, 3.05) is 13.1 Å². The van der Waals surface area contributed by atoms with Gasteiger partial charge in [-0.2, -0.15) is 0 Å². The smallest absolute Gasteiger partial charge is 0.317 e. The SMILES string of the molecule is O=C1CC2(CCN(C(=O)NCc3ccc4[nH]ccc4c3)CC2)Oc2cc(F)ccc21. The van der Waals surface area contributed by atoms with E-state index in [-0.39, 0.29) is 18.2 Å². The Morgan fingerprint density at radius 1 is 1.17 bits per heavy atom. The molecule has 2 aliphatic heterocycles. The Hall–Kier alpha value is -3.35. The number of benzene rings is 2. The second kappa shape index (κ2) is 7.16. The quantitative estimate of drug-likeness (QED) is 0.674. The highest BCUT2D eigenvalue weighted by Gasteiger charge is 2.43. The number of amides is 2. The van der Waals surface area contributed by atoms with Crippen LogP contribution in [0.2, 0.25) is 0 Å². The van der Waals surface area contributed by atoms with Crippen LogP contribution in [-0.2, 0) is 6.54 Å². The van der Waals surface area contributed by atoms with E-state index in [2.05, 4.69) is 16.4 Å². The number of piperidine rings is 1. The molecule has 3 heterocycles. The molecule has 2 aromatic carbocycles. The number of carbonyl (C=O) groups is 2. The minimum Gasteiger partial charge on any atom is -0.486 e. The second-order valence-corrected chi connectivity index (χ2v) is 8.07. The number of fused-ring (bicyclic) bond motifs is 2. The number of rotatable bonds is 2. The van der Waals surface area contributed by atoms with Crippen molar-refractivity contribution in [3.05, 3.63) is 65.6 Å². The number of nitrogens with zero attached hydrogens (tertiary/aromatic N) is 1. The topological polar surface area (TPSA) is 74.4 Å². The van der Waals surface area contributed by atoms with E-state index in [4.69, 9.17) is 4.74 Å². The molecule has 7 heteroatoms. The zero-order chi connectivity index (χ0) is 20.7. The molecule has 5 rings (SSSR count). The molecule has 30 heavy (non-hydrogen) atoms. The Bertz CT molecular complexity index is 1130. The van der Waals surface area contributed by atoms with Gasteiger partial charge in [0.15, 0.2) is 5.78 Å². The molecule has 2 N–H and O–H groups in total. The average Bonchev–Trinajstić information content (AvgIpc) is 3.20. The van der Waals surface area contributed by atoms with Gasteiger partial charge >= 0.3 is 6.03 Å². The van der Waals surface area contributed by atoms with Gasteiger partial charge in [-0.25, -0.2) is 9.18 Å². The monoisotopic (exact) mass is 407 g/mol. The van der Waals surface area contributed by atoms with Gasteiger partial charge in [-0.1, -0.05) is 6.07 Å². The van der Waals surface area contributed by atoms with Crippen molar-refractivity contribution in [3.8, 4) is 5.75 Å². The molecule has 3 aromatic rings. The molecule has 1 saturated heterocycles. The van der Waals surface area contributed by atoms with Crippen molar-refractivity contribution in [2.45, 2.75) is 31.4 Å². The molecule has 0 bridgehead atoms. The predicted octanol–water partition coefficient (Wildman–Crippen LogP) is 4.02. The van der Waals surface area contributed by atoms with Crippen LogP contribution in [0.3, 0.4) is 0 Å². The Balaban J connectivity index is 1.20. The molecule has 6 nitrogen and oxygen atoms in total. The van der Waals surface area contributed by atoms with Gasteiger partial charge < -0.3 is 19.9 Å². The molecule has 0 aliphatic carbocycles. The number of H-pyrrole nitrogens is 1. The number of likely N-dealkylation sites (tertiary alicyclic amines) is 1. The van der Waals surface area contributed by atoms with E-state index < -0.39 is 11.4 Å². The lowest BCUT2D eigenvalue weighted by Gasteiger charge is -2.43. The highest BCUT2D eigenvalue weighted by molar-refractivity contribution is 6.00. The number of Topliss-reactive ketones (excluding diaryl/α,β-unsaturated/α-hetero) is 1. The third-order valence-electron chi connectivity index (χ3n) is 6.08. The molecular formula is C23H22FN3O3. The molecule has 2 amide bonds. The third-order valence-corrected chi connectivity index (χ3v) is 6.08. The van der Waals surface area contributed by atoms with Crippen LogP contribution in [0.4, 0.5) is 9.18 Å². The summed E-state index contributed by atoms with van der Waals surface area (Å²) in [4.78, 5) is 30.0. The summed E-state index contributed by atoms with van der Waals surface area (Å²) in [6.07, 6.45) is 3.23. The van der Waals surface area contributed by atoms with E-state index >= 15 is 0 Å². The lowest BCUT2D eigenvalue weighted by molar-refractivity contribution is -0.000901. The minimum absolute atomic E-state index is 0.0331. The zero-order valence-electron chi connectivity index (χ0n) is 16.4. The first-order valence-corrected chi connectivity index (χ1v) is 10.1. The number of carbonyl (C=O) groups excluding carboxylic acids is 2. The highest BCUT2D eigenvalue weighted by atomic mass is 19.1. The number of aromatic nitrogens is 1. The first kappa shape index (κ1) is 18.7. The predicted molar refractivity (Wildman–Crippen MR) is 110 cm³/mol. The van der Waals surface area contributed by atoms with Crippen LogP contribution in [0.5, 0.6) is 5.75 Å². The summed E-state index contributed by atoms with van der Waals surface area (Å²) in [5.41, 5.74) is 1.87. The van der Waals surface area contributed by atoms with E-state index in [9.17, 15) is 14.0 Å². The van der Waals surface area contributed by atoms with Crippen LogP contribution in [0.25, 0.3) is 10.9 Å². The molecule has 2 aliphatic rings. The van der Waals surface area contributed by atoms with Crippen LogP contribution in [0, 0.1) is 5.82 Å². The van der Waals surface area contributed by atoms with E-state index in [0.29, 0.717) is 43.8 Å². The maximum absolute atomic E-state index is 13.6. The molecule has 154 valence electrons. The van der Waals surface area contributed by atoms with E-state index in [1.807, 2.05) is 24.4 Å². The molecule has 1 fully saturated rings. The number of nitrogens with one attached hydrogen (secondary N) is 2. The molecule has 0 atom stereocenters. The number of ketones is 1. The van der Waals surface area contributed by atoms with E-state index in [0.717, 1.165) is 16.5 Å². The molecular weight excluding hydrogens is 385 g/mol. The van der Waals surface area contributed by atoms with Gasteiger partial charge in [-0.15, -0.1) is 0 Å². The lowest BCUT2D eigenvalue weighted by Crippen LogP contribution is -2.54. The van der Waals surface area contributed by atoms with Crippen molar-refractivity contribution in [2.24, 2.45) is 0 Å². The average molecular weight is 407 g/mol. The van der Waals surface area contributed by atoms with Crippen LogP contribution in [0.15, 0.2) is 48.7 Å². The fourth-order valence-electron chi connectivity index (χ4n) is 4.37. The summed E-state index contributed by atoms with van der Waals surface area (Å²) in [5, 5.41) is 4.08. The Morgan fingerprint density at radius 2 is 2.00 bits per heavy atom. The van der Waals surface area contributed by atoms with Crippen molar-refractivity contribution in [1.82, 2.24) is 15.2 Å². The first-order chi connectivity index (χ1) is 14.5. The zero-order valence-corrected chi connectivity index (χ0v) is 16.4. The number of aromatic amines is 1. The minimum atomic E-state index is -0.659. The summed E-state index contributed by atoms with van der Waals surface area (Å²) >= 11 is 0. The highest BCUT2D eigenvalue weighted by Crippen LogP contribution is 2.39. The molecule has 0 unspecified atom stereocenters. The van der Waals surface area contributed by atoms with Gasteiger partial charge in [0.1, 0.15) is 17.2 Å². The number of hydrogen-bond acceptors (Lipinski definition) is 3. The molecule has 1 spiro atoms. The standard InChI is InChI=1S/C23H22FN3O3/c24-17-2-3-18-20(28)13-23(30-21(18)12-17)6-9-27(10-7-23)22(29)26-14-15-1-4-19-16(11-15)5-8-25-19/h1-5,8,11-12,25H,6-7,9-10,13-14H2,(H,26,29).